The lowest BCUT2D eigenvalue weighted by Gasteiger charge is -2.21. The molecule has 0 aliphatic carbocycles. The van der Waals surface area contributed by atoms with E-state index in [2.05, 4.69) is 0 Å². The van der Waals surface area contributed by atoms with Crippen LogP contribution in [0, 0.1) is 0 Å². The van der Waals surface area contributed by atoms with Gasteiger partial charge in [-0.05, 0) is 29.5 Å². The van der Waals surface area contributed by atoms with Gasteiger partial charge in [0.1, 0.15) is 0 Å². The Morgan fingerprint density at radius 2 is 1.67 bits per heavy atom. The Kier molecular flexibility index (Phi) is 7.08. The summed E-state index contributed by atoms with van der Waals surface area (Å²) in [7, 11) is -4.20. The Morgan fingerprint density at radius 3 is 2.19 bits per heavy atom. The molecule has 0 spiro atoms. The van der Waals surface area contributed by atoms with Gasteiger partial charge in [0.25, 0.3) is 0 Å². The number of carbonyl (C=O) groups excluding carboxylic acids is 1. The van der Waals surface area contributed by atoms with Gasteiger partial charge in [-0.2, -0.15) is 13.6 Å². The van der Waals surface area contributed by atoms with E-state index in [9.17, 15) is 13.2 Å². The van der Waals surface area contributed by atoms with Crippen LogP contribution in [0.2, 0.25) is 0 Å². The highest BCUT2D eigenvalue weighted by Gasteiger charge is 2.25. The van der Waals surface area contributed by atoms with Gasteiger partial charge in [-0.15, -0.1) is 11.8 Å². The molecule has 5 nitrogen and oxygen atoms in total. The SMILES string of the molecule is CC(C)c1ccc(C(=O)CSc2ccccc2)c(C(C)C)c1OS(N)(=O)=O. The lowest BCUT2D eigenvalue weighted by Crippen LogP contribution is -2.22. The molecule has 0 bridgehead atoms. The summed E-state index contributed by atoms with van der Waals surface area (Å²) in [6, 6.07) is 13.2. The quantitative estimate of drug-likeness (QED) is 0.515. The highest BCUT2D eigenvalue weighted by atomic mass is 32.2. The molecule has 2 rings (SSSR count). The Morgan fingerprint density at radius 1 is 1.04 bits per heavy atom. The third-order valence-corrected chi connectivity index (χ3v) is 5.45. The van der Waals surface area contributed by atoms with Gasteiger partial charge in [0.05, 0.1) is 5.75 Å². The van der Waals surface area contributed by atoms with Crippen molar-refractivity contribution in [2.45, 2.75) is 44.4 Å². The van der Waals surface area contributed by atoms with Crippen LogP contribution in [0.4, 0.5) is 0 Å². The molecule has 0 saturated carbocycles. The summed E-state index contributed by atoms with van der Waals surface area (Å²) in [6.07, 6.45) is 0. The third-order valence-electron chi connectivity index (χ3n) is 4.04. The highest BCUT2D eigenvalue weighted by Crippen LogP contribution is 2.38. The second kappa shape index (κ2) is 8.91. The lowest BCUT2D eigenvalue weighted by atomic mass is 9.89. The van der Waals surface area contributed by atoms with Crippen molar-refractivity contribution in [3.8, 4) is 5.75 Å². The van der Waals surface area contributed by atoms with Crippen LogP contribution in [0.3, 0.4) is 0 Å². The number of thioether (sulfide) groups is 1. The van der Waals surface area contributed by atoms with Crippen molar-refractivity contribution in [3.05, 3.63) is 59.2 Å². The molecule has 0 aliphatic rings. The number of Topliss-reactive ketones (excluding diaryl/α,β-unsaturated/α-hetero) is 1. The van der Waals surface area contributed by atoms with Gasteiger partial charge < -0.3 is 4.18 Å². The molecule has 0 aromatic heterocycles. The maximum atomic E-state index is 12.9. The molecular weight excluding hydrogens is 382 g/mol. The average Bonchev–Trinajstić information content (AvgIpc) is 2.58. The maximum Gasteiger partial charge on any atom is 0.380 e. The number of hydrogen-bond acceptors (Lipinski definition) is 5. The zero-order valence-electron chi connectivity index (χ0n) is 15.9. The van der Waals surface area contributed by atoms with Crippen molar-refractivity contribution >= 4 is 27.8 Å². The fourth-order valence-electron chi connectivity index (χ4n) is 2.84. The molecule has 0 radical (unpaired) electrons. The second-order valence-corrected chi connectivity index (χ2v) is 9.06. The van der Waals surface area contributed by atoms with Crippen LogP contribution in [0.5, 0.6) is 5.75 Å². The van der Waals surface area contributed by atoms with Crippen molar-refractivity contribution in [1.82, 2.24) is 0 Å². The molecular formula is C20H25NO4S2. The zero-order valence-corrected chi connectivity index (χ0v) is 17.6. The van der Waals surface area contributed by atoms with Crippen LogP contribution < -0.4 is 9.32 Å². The van der Waals surface area contributed by atoms with Crippen molar-refractivity contribution in [1.29, 1.82) is 0 Å². The fourth-order valence-corrected chi connectivity index (χ4v) is 4.06. The lowest BCUT2D eigenvalue weighted by molar-refractivity contribution is 0.102. The van der Waals surface area contributed by atoms with Gasteiger partial charge in [0.2, 0.25) is 0 Å². The minimum atomic E-state index is -4.20. The van der Waals surface area contributed by atoms with Crippen LogP contribution in [-0.4, -0.2) is 20.0 Å². The highest BCUT2D eigenvalue weighted by molar-refractivity contribution is 8.00. The monoisotopic (exact) mass is 407 g/mol. The van der Waals surface area contributed by atoms with Crippen molar-refractivity contribution in [2.24, 2.45) is 5.14 Å². The molecule has 146 valence electrons. The van der Waals surface area contributed by atoms with E-state index in [0.29, 0.717) is 16.7 Å². The first-order valence-corrected chi connectivity index (χ1v) is 11.2. The molecule has 0 fully saturated rings. The Hall–Kier alpha value is -1.83. The summed E-state index contributed by atoms with van der Waals surface area (Å²) in [5.74, 6) is 0.253. The van der Waals surface area contributed by atoms with E-state index in [1.807, 2.05) is 58.0 Å². The molecule has 7 heteroatoms. The minimum absolute atomic E-state index is 0.0158. The Balaban J connectivity index is 2.46. The molecule has 0 amide bonds. The molecule has 0 unspecified atom stereocenters. The molecule has 27 heavy (non-hydrogen) atoms. The van der Waals surface area contributed by atoms with E-state index in [4.69, 9.17) is 9.32 Å². The van der Waals surface area contributed by atoms with Crippen molar-refractivity contribution in [3.63, 3.8) is 0 Å². The molecule has 2 N–H and O–H groups in total. The van der Waals surface area contributed by atoms with Crippen LogP contribution in [0.25, 0.3) is 0 Å². The van der Waals surface area contributed by atoms with E-state index in [-0.39, 0.29) is 29.1 Å². The normalized spacial score (nSPS) is 11.8. The van der Waals surface area contributed by atoms with E-state index in [1.54, 1.807) is 12.1 Å². The Labute approximate surface area is 165 Å². The van der Waals surface area contributed by atoms with E-state index < -0.39 is 10.3 Å². The summed E-state index contributed by atoms with van der Waals surface area (Å²) >= 11 is 1.44. The van der Waals surface area contributed by atoms with Gasteiger partial charge in [0.15, 0.2) is 11.5 Å². The van der Waals surface area contributed by atoms with Crippen LogP contribution >= 0.6 is 11.8 Å². The fraction of sp³-hybridized carbons (Fsp3) is 0.350. The van der Waals surface area contributed by atoms with Crippen LogP contribution in [0.15, 0.2) is 47.4 Å². The van der Waals surface area contributed by atoms with E-state index in [0.717, 1.165) is 4.90 Å². The largest absolute Gasteiger partial charge is 0.380 e. The van der Waals surface area contributed by atoms with Crippen molar-refractivity contribution in [2.75, 3.05) is 5.75 Å². The summed E-state index contributed by atoms with van der Waals surface area (Å²) in [6.45, 7) is 7.66. The number of nitrogens with two attached hydrogens (primary N) is 1. The first-order chi connectivity index (χ1) is 12.6. The zero-order chi connectivity index (χ0) is 20.2. The smallest absolute Gasteiger partial charge is 0.370 e. The van der Waals surface area contributed by atoms with Crippen molar-refractivity contribution < 1.29 is 17.4 Å². The molecule has 0 heterocycles. The number of benzene rings is 2. The van der Waals surface area contributed by atoms with E-state index >= 15 is 0 Å². The van der Waals surface area contributed by atoms with E-state index in [1.165, 1.54) is 11.8 Å². The molecule has 0 atom stereocenters. The average molecular weight is 408 g/mol. The predicted octanol–water partition coefficient (Wildman–Crippen LogP) is 4.49. The predicted molar refractivity (Wildman–Crippen MR) is 110 cm³/mol. The third kappa shape index (κ3) is 5.82. The minimum Gasteiger partial charge on any atom is -0.370 e. The number of rotatable bonds is 8. The summed E-state index contributed by atoms with van der Waals surface area (Å²) in [4.78, 5) is 13.9. The maximum absolute atomic E-state index is 12.9. The Bertz CT molecular complexity index is 907. The molecule has 0 saturated heterocycles. The molecule has 0 aliphatic heterocycles. The van der Waals surface area contributed by atoms with Crippen LogP contribution in [-0.2, 0) is 10.3 Å². The number of hydrogen-bond donors (Lipinski definition) is 1. The molecule has 2 aromatic carbocycles. The number of ketones is 1. The summed E-state index contributed by atoms with van der Waals surface area (Å²) in [5, 5.41) is 5.13. The first kappa shape index (κ1) is 21.5. The summed E-state index contributed by atoms with van der Waals surface area (Å²) in [5.41, 5.74) is 1.75. The van der Waals surface area contributed by atoms with Gasteiger partial charge in [-0.3, -0.25) is 4.79 Å². The molecule has 2 aromatic rings. The van der Waals surface area contributed by atoms with Gasteiger partial charge >= 0.3 is 10.3 Å². The van der Waals surface area contributed by atoms with Crippen LogP contribution in [0.1, 0.15) is 61.0 Å². The number of carbonyl (C=O) groups is 1. The van der Waals surface area contributed by atoms with Gasteiger partial charge in [-0.1, -0.05) is 58.0 Å². The standard InChI is InChI=1S/C20H25NO4S2/c1-13(2)16-10-11-17(18(22)12-26-15-8-6-5-7-9-15)19(14(3)4)20(16)25-27(21,23)24/h5-11,13-14H,12H2,1-4H3,(H2,21,23,24). The van der Waals surface area contributed by atoms with Gasteiger partial charge in [-0.25, -0.2) is 0 Å². The van der Waals surface area contributed by atoms with Gasteiger partial charge in [0, 0.05) is 16.0 Å². The second-order valence-electron chi connectivity index (χ2n) is 6.86. The topological polar surface area (TPSA) is 86.5 Å². The first-order valence-electron chi connectivity index (χ1n) is 8.70. The summed E-state index contributed by atoms with van der Waals surface area (Å²) < 4.78 is 28.3.